The lowest BCUT2D eigenvalue weighted by molar-refractivity contribution is 0.146. The van der Waals surface area contributed by atoms with Gasteiger partial charge >= 0.3 is 0 Å². The summed E-state index contributed by atoms with van der Waals surface area (Å²) in [6, 6.07) is 72.3. The predicted molar refractivity (Wildman–Crippen MR) is 260 cm³/mol. The van der Waals surface area contributed by atoms with Gasteiger partial charge in [-0.15, -0.1) is 0 Å². The number of nitrogens with zero attached hydrogens (tertiary/aromatic N) is 2. The molecule has 0 aliphatic heterocycles. The van der Waals surface area contributed by atoms with E-state index in [9.17, 15) is 0 Å². The summed E-state index contributed by atoms with van der Waals surface area (Å²) in [6.07, 6.45) is 4.68. The van der Waals surface area contributed by atoms with E-state index >= 15 is 0 Å². The number of hydrogen-bond acceptors (Lipinski definition) is 2. The van der Waals surface area contributed by atoms with Gasteiger partial charge in [-0.3, -0.25) is 0 Å². The number of fused-ring (bicyclic) bond motifs is 4. The molecule has 1 fully saturated rings. The van der Waals surface area contributed by atoms with Crippen molar-refractivity contribution >= 4 is 44.9 Å². The third kappa shape index (κ3) is 6.93. The molecule has 0 radical (unpaired) electrons. The Morgan fingerprint density at radius 3 is 1.44 bits per heavy atom. The van der Waals surface area contributed by atoms with Crippen LogP contribution in [0.25, 0.3) is 21.9 Å². The summed E-state index contributed by atoms with van der Waals surface area (Å²) in [5, 5.41) is 2.49. The molecule has 0 amide bonds. The number of benzene rings is 8. The smallest absolute Gasteiger partial charge is 0.0468 e. The lowest BCUT2D eigenvalue weighted by Gasteiger charge is -2.45. The summed E-state index contributed by atoms with van der Waals surface area (Å²) in [5.74, 6) is 0.699. The zero-order chi connectivity index (χ0) is 41.8. The zero-order valence-corrected chi connectivity index (χ0v) is 36.3. The number of anilines is 6. The Balaban J connectivity index is 1.06. The van der Waals surface area contributed by atoms with Crippen LogP contribution in [0.2, 0.25) is 0 Å². The van der Waals surface area contributed by atoms with Gasteiger partial charge < -0.3 is 9.80 Å². The van der Waals surface area contributed by atoms with Gasteiger partial charge in [0, 0.05) is 45.0 Å². The van der Waals surface area contributed by atoms with E-state index in [-0.39, 0.29) is 16.2 Å². The summed E-state index contributed by atoms with van der Waals surface area (Å²) in [6.45, 7) is 12.0. The van der Waals surface area contributed by atoms with Crippen LogP contribution in [0.5, 0.6) is 0 Å². The van der Waals surface area contributed by atoms with E-state index in [2.05, 4.69) is 239 Å². The molecule has 0 aromatic heterocycles. The van der Waals surface area contributed by atoms with Gasteiger partial charge in [-0.2, -0.15) is 0 Å². The Hall–Kier alpha value is -6.38. The number of rotatable bonds is 8. The van der Waals surface area contributed by atoms with Gasteiger partial charge in [0.15, 0.2) is 0 Å². The lowest BCUT2D eigenvalue weighted by atomic mass is 9.59. The maximum absolute atomic E-state index is 2.47. The molecule has 2 nitrogen and oxygen atoms in total. The van der Waals surface area contributed by atoms with E-state index < -0.39 is 0 Å². The molecule has 8 aromatic rings. The monoisotopic (exact) mass is 792 g/mol. The van der Waals surface area contributed by atoms with Crippen molar-refractivity contribution in [3.05, 3.63) is 216 Å². The molecule has 10 rings (SSSR count). The van der Waals surface area contributed by atoms with Gasteiger partial charge in [-0.25, -0.2) is 0 Å². The SMILES string of the molecule is CC1(C)c2ccccc2-c2ccc(N(c3ccc(C4(c5ccc(N(c6ccccc6)c6ccccc6)cc5)CCC(C(C)(C)C)CC4)cc3)c3ccc4ccccc4c3)cc21. The van der Waals surface area contributed by atoms with Crippen molar-refractivity contribution in [1.82, 2.24) is 0 Å². The van der Waals surface area contributed by atoms with Crippen LogP contribution in [-0.2, 0) is 10.8 Å². The Kier molecular flexibility index (Phi) is 9.71. The fourth-order valence-corrected chi connectivity index (χ4v) is 10.8. The molecule has 0 N–H and O–H groups in total. The van der Waals surface area contributed by atoms with Crippen LogP contribution in [0.3, 0.4) is 0 Å². The minimum atomic E-state index is -0.0894. The van der Waals surface area contributed by atoms with Crippen LogP contribution in [-0.4, -0.2) is 0 Å². The molecule has 0 atom stereocenters. The summed E-state index contributed by atoms with van der Waals surface area (Å²) in [7, 11) is 0. The molecule has 2 aliphatic rings. The normalized spacial score (nSPS) is 18.0. The highest BCUT2D eigenvalue weighted by atomic mass is 15.1. The molecule has 0 unspecified atom stereocenters. The van der Waals surface area contributed by atoms with Crippen LogP contribution in [0.1, 0.15) is 82.6 Å². The average molecular weight is 793 g/mol. The van der Waals surface area contributed by atoms with E-state index in [1.807, 2.05) is 0 Å². The van der Waals surface area contributed by atoms with Crippen molar-refractivity contribution in [1.29, 1.82) is 0 Å². The molecule has 2 aliphatic carbocycles. The second-order valence-corrected chi connectivity index (χ2v) is 19.1. The van der Waals surface area contributed by atoms with E-state index in [4.69, 9.17) is 0 Å². The molecule has 0 heterocycles. The van der Waals surface area contributed by atoms with E-state index in [1.165, 1.54) is 74.1 Å². The Bertz CT molecular complexity index is 2760. The van der Waals surface area contributed by atoms with Crippen molar-refractivity contribution in [2.24, 2.45) is 11.3 Å². The first-order valence-corrected chi connectivity index (χ1v) is 22.2. The molecular formula is C59H56N2. The van der Waals surface area contributed by atoms with Gasteiger partial charge in [0.05, 0.1) is 0 Å². The van der Waals surface area contributed by atoms with Crippen LogP contribution >= 0.6 is 0 Å². The van der Waals surface area contributed by atoms with Gasteiger partial charge in [-0.1, -0.05) is 156 Å². The van der Waals surface area contributed by atoms with E-state index in [1.54, 1.807) is 0 Å². The maximum atomic E-state index is 2.47. The van der Waals surface area contributed by atoms with Crippen molar-refractivity contribution in [2.75, 3.05) is 9.80 Å². The fourth-order valence-electron chi connectivity index (χ4n) is 10.8. The van der Waals surface area contributed by atoms with Gasteiger partial charge in [-0.05, 0) is 154 Å². The first kappa shape index (κ1) is 38.8. The molecular weight excluding hydrogens is 737 g/mol. The summed E-state index contributed by atoms with van der Waals surface area (Å²) >= 11 is 0. The Labute approximate surface area is 363 Å². The molecule has 0 spiro atoms. The second-order valence-electron chi connectivity index (χ2n) is 19.1. The molecule has 8 aromatic carbocycles. The van der Waals surface area contributed by atoms with Crippen molar-refractivity contribution in [2.45, 2.75) is 71.1 Å². The van der Waals surface area contributed by atoms with Crippen LogP contribution in [0.15, 0.2) is 194 Å². The third-order valence-corrected chi connectivity index (χ3v) is 14.3. The van der Waals surface area contributed by atoms with Crippen LogP contribution in [0, 0.1) is 11.3 Å². The minimum Gasteiger partial charge on any atom is -0.311 e. The van der Waals surface area contributed by atoms with Gasteiger partial charge in [0.2, 0.25) is 0 Å². The van der Waals surface area contributed by atoms with Crippen LogP contribution < -0.4 is 9.80 Å². The summed E-state index contributed by atoms with van der Waals surface area (Å²) in [5.41, 5.74) is 15.4. The minimum absolute atomic E-state index is 0.0831. The number of hydrogen-bond donors (Lipinski definition) is 0. The quantitative estimate of drug-likeness (QED) is 0.151. The van der Waals surface area contributed by atoms with Gasteiger partial charge in [0.25, 0.3) is 0 Å². The van der Waals surface area contributed by atoms with Crippen LogP contribution in [0.4, 0.5) is 34.1 Å². The van der Waals surface area contributed by atoms with Crippen molar-refractivity contribution in [3.63, 3.8) is 0 Å². The third-order valence-electron chi connectivity index (χ3n) is 14.3. The zero-order valence-electron chi connectivity index (χ0n) is 36.3. The molecule has 302 valence electrons. The highest BCUT2D eigenvalue weighted by Crippen LogP contribution is 2.53. The summed E-state index contributed by atoms with van der Waals surface area (Å²) in [4.78, 5) is 4.83. The largest absolute Gasteiger partial charge is 0.311 e. The van der Waals surface area contributed by atoms with Gasteiger partial charge in [0.1, 0.15) is 0 Å². The Morgan fingerprint density at radius 2 is 0.852 bits per heavy atom. The summed E-state index contributed by atoms with van der Waals surface area (Å²) < 4.78 is 0. The lowest BCUT2D eigenvalue weighted by Crippen LogP contribution is -2.36. The number of para-hydroxylation sites is 2. The first-order chi connectivity index (χ1) is 29.6. The highest BCUT2D eigenvalue weighted by Gasteiger charge is 2.41. The van der Waals surface area contributed by atoms with E-state index in [0.29, 0.717) is 5.92 Å². The Morgan fingerprint density at radius 1 is 0.410 bits per heavy atom. The first-order valence-electron chi connectivity index (χ1n) is 22.2. The highest BCUT2D eigenvalue weighted by molar-refractivity contribution is 5.91. The molecule has 1 saturated carbocycles. The predicted octanol–water partition coefficient (Wildman–Crippen LogP) is 16.6. The van der Waals surface area contributed by atoms with Crippen molar-refractivity contribution in [3.8, 4) is 11.1 Å². The molecule has 61 heavy (non-hydrogen) atoms. The molecule has 0 bridgehead atoms. The average Bonchev–Trinajstić information content (AvgIpc) is 3.52. The topological polar surface area (TPSA) is 6.48 Å². The standard InChI is InChI=1S/C59H56N2/c1-57(2,3)44-36-38-59(39-37-44,45-25-30-49(31-26-45)60(47-18-8-6-9-19-47)48-20-10-7-11-21-48)46-27-32-50(33-28-46)61(51-29-24-42-16-12-13-17-43(42)40-51)52-34-35-54-53-22-14-15-23-55(53)58(4,5)56(54)41-52/h6-35,40-41,44H,36-39H2,1-5H3. The second kappa shape index (κ2) is 15.3. The van der Waals surface area contributed by atoms with Crippen molar-refractivity contribution < 1.29 is 0 Å². The molecule has 2 heteroatoms. The maximum Gasteiger partial charge on any atom is 0.0468 e. The molecule has 0 saturated heterocycles. The fraction of sp³-hybridized carbons (Fsp3) is 0.220. The van der Waals surface area contributed by atoms with E-state index in [0.717, 1.165) is 29.9 Å².